The summed E-state index contributed by atoms with van der Waals surface area (Å²) in [6.07, 6.45) is 4.70. The van der Waals surface area contributed by atoms with Crippen molar-refractivity contribution in [1.29, 1.82) is 0 Å². The second-order valence-corrected chi connectivity index (χ2v) is 8.80. The maximum absolute atomic E-state index is 13.6. The Bertz CT molecular complexity index is 1030. The van der Waals surface area contributed by atoms with Gasteiger partial charge in [-0.15, -0.1) is 0 Å². The maximum Gasteiger partial charge on any atom is 0.261 e. The van der Waals surface area contributed by atoms with Crippen LogP contribution in [0.1, 0.15) is 36.8 Å². The van der Waals surface area contributed by atoms with E-state index in [4.69, 9.17) is 4.74 Å². The molecule has 1 aliphatic rings. The number of benzene rings is 3. The fraction of sp³-hybridized carbons (Fsp3) is 0.310. The van der Waals surface area contributed by atoms with Crippen LogP contribution in [0.4, 0.5) is 0 Å². The Morgan fingerprint density at radius 1 is 0.824 bits per heavy atom. The van der Waals surface area contributed by atoms with Gasteiger partial charge >= 0.3 is 0 Å². The van der Waals surface area contributed by atoms with Crippen LogP contribution in [0.25, 0.3) is 0 Å². The molecule has 1 fully saturated rings. The van der Waals surface area contributed by atoms with E-state index in [2.05, 4.69) is 5.32 Å². The average molecular weight is 457 g/mol. The van der Waals surface area contributed by atoms with E-state index in [0.29, 0.717) is 18.7 Å². The van der Waals surface area contributed by atoms with E-state index in [1.807, 2.05) is 91.0 Å². The lowest BCUT2D eigenvalue weighted by atomic mass is 10.0. The summed E-state index contributed by atoms with van der Waals surface area (Å²) in [5, 5.41) is 3.22. The van der Waals surface area contributed by atoms with Crippen LogP contribution in [0.2, 0.25) is 0 Å². The molecule has 0 bridgehead atoms. The van der Waals surface area contributed by atoms with E-state index < -0.39 is 6.04 Å². The first-order valence-electron chi connectivity index (χ1n) is 12.0. The third-order valence-corrected chi connectivity index (χ3v) is 6.27. The van der Waals surface area contributed by atoms with E-state index in [1.54, 1.807) is 4.90 Å². The first-order chi connectivity index (χ1) is 16.7. The number of carbonyl (C=O) groups is 2. The fourth-order valence-electron chi connectivity index (χ4n) is 4.45. The molecule has 4 rings (SSSR count). The summed E-state index contributed by atoms with van der Waals surface area (Å²) in [5.41, 5.74) is 1.99. The molecular weight excluding hydrogens is 424 g/mol. The largest absolute Gasteiger partial charge is 0.484 e. The van der Waals surface area contributed by atoms with Gasteiger partial charge in [0.15, 0.2) is 6.61 Å². The molecular formula is C29H32N2O3. The Balaban J connectivity index is 1.59. The second-order valence-electron chi connectivity index (χ2n) is 8.80. The van der Waals surface area contributed by atoms with Crippen LogP contribution in [0.15, 0.2) is 91.0 Å². The number of hydrogen-bond acceptors (Lipinski definition) is 3. The molecule has 1 atom stereocenters. The predicted octanol–water partition coefficient (Wildman–Crippen LogP) is 4.76. The van der Waals surface area contributed by atoms with Gasteiger partial charge in [0.2, 0.25) is 5.91 Å². The Kier molecular flexibility index (Phi) is 8.33. The Hall–Kier alpha value is -3.60. The second kappa shape index (κ2) is 12.0. The van der Waals surface area contributed by atoms with Crippen molar-refractivity contribution in [2.24, 2.45) is 0 Å². The van der Waals surface area contributed by atoms with Gasteiger partial charge in [0.05, 0.1) is 0 Å². The summed E-state index contributed by atoms with van der Waals surface area (Å²) in [6, 6.07) is 28.5. The highest BCUT2D eigenvalue weighted by Gasteiger charge is 2.32. The highest BCUT2D eigenvalue weighted by atomic mass is 16.5. The van der Waals surface area contributed by atoms with Crippen LogP contribution in [-0.2, 0) is 22.6 Å². The molecule has 3 aromatic carbocycles. The minimum Gasteiger partial charge on any atom is -0.484 e. The lowest BCUT2D eigenvalue weighted by Gasteiger charge is -2.32. The van der Waals surface area contributed by atoms with Crippen LogP contribution in [0.3, 0.4) is 0 Å². The van der Waals surface area contributed by atoms with Crippen molar-refractivity contribution >= 4 is 11.8 Å². The van der Waals surface area contributed by atoms with Gasteiger partial charge in [-0.05, 0) is 36.1 Å². The Morgan fingerprint density at radius 2 is 1.38 bits per heavy atom. The highest BCUT2D eigenvalue weighted by molar-refractivity contribution is 5.88. The van der Waals surface area contributed by atoms with Gasteiger partial charge in [0.25, 0.3) is 5.91 Å². The SMILES string of the molecule is O=C(NC1CCCC1)C(Cc1ccccc1)N(Cc1ccccc1)C(=O)COc1ccccc1. The smallest absolute Gasteiger partial charge is 0.261 e. The van der Waals surface area contributed by atoms with E-state index >= 15 is 0 Å². The summed E-state index contributed by atoms with van der Waals surface area (Å²) in [4.78, 5) is 28.8. The number of carbonyl (C=O) groups excluding carboxylic acids is 2. The molecule has 34 heavy (non-hydrogen) atoms. The molecule has 0 aliphatic heterocycles. The lowest BCUT2D eigenvalue weighted by Crippen LogP contribution is -2.53. The van der Waals surface area contributed by atoms with Gasteiger partial charge in [0.1, 0.15) is 11.8 Å². The van der Waals surface area contributed by atoms with Crippen molar-refractivity contribution in [1.82, 2.24) is 10.2 Å². The van der Waals surface area contributed by atoms with E-state index in [9.17, 15) is 9.59 Å². The molecule has 176 valence electrons. The Labute approximate surface area is 201 Å². The topological polar surface area (TPSA) is 58.6 Å². The summed E-state index contributed by atoms with van der Waals surface area (Å²) >= 11 is 0. The standard InChI is InChI=1S/C29H32N2O3/c32-28(22-34-26-18-8-3-9-19-26)31(21-24-14-6-2-7-15-24)27(20-23-12-4-1-5-13-23)29(33)30-25-16-10-11-17-25/h1-9,12-15,18-19,25,27H,10-11,16-17,20-22H2,(H,30,33). The molecule has 1 saturated carbocycles. The van der Waals surface area contributed by atoms with Crippen LogP contribution in [-0.4, -0.2) is 35.4 Å². The predicted molar refractivity (Wildman–Crippen MR) is 133 cm³/mol. The number of nitrogens with zero attached hydrogens (tertiary/aromatic N) is 1. The van der Waals surface area contributed by atoms with Gasteiger partial charge in [-0.2, -0.15) is 0 Å². The molecule has 0 heterocycles. The number of para-hydroxylation sites is 1. The number of amides is 2. The molecule has 5 nitrogen and oxygen atoms in total. The molecule has 0 radical (unpaired) electrons. The number of hydrogen-bond donors (Lipinski definition) is 1. The van der Waals surface area contributed by atoms with Gasteiger partial charge in [0, 0.05) is 19.0 Å². The van der Waals surface area contributed by atoms with E-state index in [-0.39, 0.29) is 24.5 Å². The minimum absolute atomic E-state index is 0.0975. The summed E-state index contributed by atoms with van der Waals surface area (Å²) in [7, 11) is 0. The highest BCUT2D eigenvalue weighted by Crippen LogP contribution is 2.20. The third-order valence-electron chi connectivity index (χ3n) is 6.27. The molecule has 2 amide bonds. The van der Waals surface area contributed by atoms with Crippen molar-refractivity contribution in [3.63, 3.8) is 0 Å². The van der Waals surface area contributed by atoms with E-state index in [0.717, 1.165) is 36.8 Å². The summed E-state index contributed by atoms with van der Waals surface area (Å²) < 4.78 is 5.78. The van der Waals surface area contributed by atoms with Gasteiger partial charge < -0.3 is 15.0 Å². The quantitative estimate of drug-likeness (QED) is 0.478. The van der Waals surface area contributed by atoms with Crippen molar-refractivity contribution in [2.75, 3.05) is 6.61 Å². The normalized spacial score (nSPS) is 14.4. The Morgan fingerprint density at radius 3 is 2.00 bits per heavy atom. The van der Waals surface area contributed by atoms with Crippen LogP contribution >= 0.6 is 0 Å². The minimum atomic E-state index is -0.630. The zero-order valence-electron chi connectivity index (χ0n) is 19.4. The first kappa shape index (κ1) is 23.6. The van der Waals surface area contributed by atoms with Gasteiger partial charge in [-0.1, -0.05) is 91.7 Å². The van der Waals surface area contributed by atoms with E-state index in [1.165, 1.54) is 0 Å². The van der Waals surface area contributed by atoms with Crippen molar-refractivity contribution < 1.29 is 14.3 Å². The average Bonchev–Trinajstić information content (AvgIpc) is 3.39. The molecule has 5 heteroatoms. The molecule has 1 unspecified atom stereocenters. The van der Waals surface area contributed by atoms with Crippen LogP contribution in [0, 0.1) is 0 Å². The maximum atomic E-state index is 13.6. The molecule has 0 aromatic heterocycles. The first-order valence-corrected chi connectivity index (χ1v) is 12.0. The summed E-state index contributed by atoms with van der Waals surface area (Å²) in [5.74, 6) is 0.320. The fourth-order valence-corrected chi connectivity index (χ4v) is 4.45. The van der Waals surface area contributed by atoms with Gasteiger partial charge in [-0.25, -0.2) is 0 Å². The van der Waals surface area contributed by atoms with Crippen molar-refractivity contribution in [3.05, 3.63) is 102 Å². The molecule has 0 saturated heterocycles. The summed E-state index contributed by atoms with van der Waals surface area (Å²) in [6.45, 7) is 0.215. The number of rotatable bonds is 10. The third kappa shape index (κ3) is 6.70. The zero-order valence-corrected chi connectivity index (χ0v) is 19.4. The number of nitrogens with one attached hydrogen (secondary N) is 1. The zero-order chi connectivity index (χ0) is 23.6. The molecule has 0 spiro atoms. The van der Waals surface area contributed by atoms with Crippen LogP contribution < -0.4 is 10.1 Å². The van der Waals surface area contributed by atoms with Gasteiger partial charge in [-0.3, -0.25) is 9.59 Å². The van der Waals surface area contributed by atoms with Crippen LogP contribution in [0.5, 0.6) is 5.75 Å². The molecule has 3 aromatic rings. The number of ether oxygens (including phenoxy) is 1. The lowest BCUT2D eigenvalue weighted by molar-refractivity contribution is -0.143. The van der Waals surface area contributed by atoms with Crippen molar-refractivity contribution in [2.45, 2.75) is 50.7 Å². The van der Waals surface area contributed by atoms with Crippen molar-refractivity contribution in [3.8, 4) is 5.75 Å². The monoisotopic (exact) mass is 456 g/mol. The molecule has 1 aliphatic carbocycles. The molecule has 1 N–H and O–H groups in total.